The first kappa shape index (κ1) is 22.2. The Kier molecular flexibility index (Phi) is 6.38. The maximum atomic E-state index is 9.99. The molecular formula is C23H30N6O3. The first-order valence-corrected chi connectivity index (χ1v) is 10.8. The second-order valence-corrected chi connectivity index (χ2v) is 8.71. The van der Waals surface area contributed by atoms with Crippen molar-refractivity contribution in [2.24, 2.45) is 10.2 Å². The molecule has 0 unspecified atom stereocenters. The number of fused-ring (bicyclic) bond motifs is 1. The van der Waals surface area contributed by atoms with Crippen molar-refractivity contribution in [2.45, 2.75) is 39.8 Å². The highest BCUT2D eigenvalue weighted by molar-refractivity contribution is 5.86. The average Bonchev–Trinajstić information content (AvgIpc) is 3.06. The molecule has 1 aliphatic heterocycles. The minimum atomic E-state index is -0.981. The van der Waals surface area contributed by atoms with Gasteiger partial charge in [-0.05, 0) is 51.5 Å². The summed E-state index contributed by atoms with van der Waals surface area (Å²) >= 11 is 0. The fourth-order valence-corrected chi connectivity index (χ4v) is 3.50. The Morgan fingerprint density at radius 2 is 1.97 bits per heavy atom. The van der Waals surface area contributed by atoms with E-state index in [4.69, 9.17) is 9.47 Å². The van der Waals surface area contributed by atoms with Crippen LogP contribution in [0.1, 0.15) is 30.8 Å². The van der Waals surface area contributed by atoms with Crippen molar-refractivity contribution in [3.05, 3.63) is 41.2 Å². The SMILES string of the molecule is Cc1[nH]c2ccc(N=NCc3cc(N4CCOCC4)nc(OCC(C)(C)O)n3)cc2c1C. The van der Waals surface area contributed by atoms with Gasteiger partial charge in [0.15, 0.2) is 0 Å². The molecule has 0 atom stereocenters. The number of hydrogen-bond acceptors (Lipinski definition) is 8. The van der Waals surface area contributed by atoms with Gasteiger partial charge in [-0.15, -0.1) is 0 Å². The van der Waals surface area contributed by atoms with Crippen molar-refractivity contribution < 1.29 is 14.6 Å². The molecule has 1 aromatic carbocycles. The number of aromatic amines is 1. The van der Waals surface area contributed by atoms with Crippen LogP contribution in [0.5, 0.6) is 6.01 Å². The summed E-state index contributed by atoms with van der Waals surface area (Å²) in [4.78, 5) is 14.5. The molecule has 2 N–H and O–H groups in total. The van der Waals surface area contributed by atoms with Crippen molar-refractivity contribution in [3.63, 3.8) is 0 Å². The minimum absolute atomic E-state index is 0.0932. The number of aliphatic hydroxyl groups is 1. The van der Waals surface area contributed by atoms with Crippen molar-refractivity contribution in [3.8, 4) is 6.01 Å². The van der Waals surface area contributed by atoms with Gasteiger partial charge >= 0.3 is 6.01 Å². The number of morpholine rings is 1. The molecule has 0 bridgehead atoms. The van der Waals surface area contributed by atoms with E-state index >= 15 is 0 Å². The van der Waals surface area contributed by atoms with Gasteiger partial charge in [0, 0.05) is 35.8 Å². The molecule has 9 heteroatoms. The van der Waals surface area contributed by atoms with Crippen LogP contribution in [0.4, 0.5) is 11.5 Å². The molecular weight excluding hydrogens is 408 g/mol. The van der Waals surface area contributed by atoms with E-state index in [0.29, 0.717) is 25.5 Å². The number of aryl methyl sites for hydroxylation is 2. The first-order chi connectivity index (χ1) is 15.3. The van der Waals surface area contributed by atoms with Gasteiger partial charge in [-0.25, -0.2) is 0 Å². The molecule has 170 valence electrons. The fraction of sp³-hybridized carbons (Fsp3) is 0.478. The predicted octanol–water partition coefficient (Wildman–Crippen LogP) is 3.84. The molecule has 1 fully saturated rings. The zero-order valence-electron chi connectivity index (χ0n) is 19.1. The number of anilines is 1. The molecule has 4 rings (SSSR count). The normalized spacial score (nSPS) is 15.1. The van der Waals surface area contributed by atoms with Crippen LogP contribution in [0.15, 0.2) is 34.5 Å². The standard InChI is InChI=1S/C23H30N6O3/c1-15-16(2)25-20-6-5-17(11-19(15)20)28-24-13-18-12-21(29-7-9-31-10-8-29)27-22(26-18)32-14-23(3,4)30/h5-6,11-12,25,30H,7-10,13-14H2,1-4H3. The molecule has 0 spiro atoms. The molecule has 3 heterocycles. The lowest BCUT2D eigenvalue weighted by Gasteiger charge is -2.28. The summed E-state index contributed by atoms with van der Waals surface area (Å²) in [7, 11) is 0. The average molecular weight is 439 g/mol. The van der Waals surface area contributed by atoms with Gasteiger partial charge in [0.1, 0.15) is 19.0 Å². The summed E-state index contributed by atoms with van der Waals surface area (Å²) in [5.41, 5.74) is 3.98. The topological polar surface area (TPSA) is 108 Å². The van der Waals surface area contributed by atoms with Crippen molar-refractivity contribution in [2.75, 3.05) is 37.8 Å². The first-order valence-electron chi connectivity index (χ1n) is 10.8. The predicted molar refractivity (Wildman–Crippen MR) is 123 cm³/mol. The number of nitrogens with one attached hydrogen (secondary N) is 1. The van der Waals surface area contributed by atoms with Crippen molar-refractivity contribution >= 4 is 22.4 Å². The van der Waals surface area contributed by atoms with Crippen LogP contribution in [-0.2, 0) is 11.3 Å². The molecule has 0 radical (unpaired) electrons. The van der Waals surface area contributed by atoms with Gasteiger partial charge in [-0.2, -0.15) is 20.2 Å². The van der Waals surface area contributed by atoms with Gasteiger partial charge in [0.25, 0.3) is 0 Å². The molecule has 9 nitrogen and oxygen atoms in total. The van der Waals surface area contributed by atoms with E-state index in [2.05, 4.69) is 43.9 Å². The van der Waals surface area contributed by atoms with E-state index in [-0.39, 0.29) is 12.6 Å². The van der Waals surface area contributed by atoms with Crippen molar-refractivity contribution in [1.82, 2.24) is 15.0 Å². The van der Waals surface area contributed by atoms with E-state index < -0.39 is 5.60 Å². The lowest BCUT2D eigenvalue weighted by molar-refractivity contribution is 0.0249. The van der Waals surface area contributed by atoms with Crippen LogP contribution in [0.2, 0.25) is 0 Å². The Labute approximate surface area is 187 Å². The smallest absolute Gasteiger partial charge is 0.318 e. The number of hydrogen-bond donors (Lipinski definition) is 2. The maximum absolute atomic E-state index is 9.99. The summed E-state index contributed by atoms with van der Waals surface area (Å²) in [6, 6.07) is 8.13. The van der Waals surface area contributed by atoms with E-state index in [9.17, 15) is 5.11 Å². The Bertz CT molecular complexity index is 1110. The minimum Gasteiger partial charge on any atom is -0.460 e. The van der Waals surface area contributed by atoms with Gasteiger partial charge in [-0.3, -0.25) is 0 Å². The number of ether oxygens (including phenoxy) is 2. The number of nitrogens with zero attached hydrogens (tertiary/aromatic N) is 5. The highest BCUT2D eigenvalue weighted by atomic mass is 16.5. The van der Waals surface area contributed by atoms with E-state index in [0.717, 1.165) is 41.2 Å². The maximum Gasteiger partial charge on any atom is 0.318 e. The van der Waals surface area contributed by atoms with Gasteiger partial charge in [-0.1, -0.05) is 0 Å². The van der Waals surface area contributed by atoms with Crippen molar-refractivity contribution in [1.29, 1.82) is 0 Å². The molecule has 32 heavy (non-hydrogen) atoms. The van der Waals surface area contributed by atoms with Crippen LogP contribution in [0, 0.1) is 13.8 Å². The molecule has 0 aliphatic carbocycles. The number of H-pyrrole nitrogens is 1. The quantitative estimate of drug-likeness (QED) is 0.543. The van der Waals surface area contributed by atoms with Gasteiger partial charge in [0.2, 0.25) is 0 Å². The summed E-state index contributed by atoms with van der Waals surface area (Å²) in [6.07, 6.45) is 0. The lowest BCUT2D eigenvalue weighted by Crippen LogP contribution is -2.37. The van der Waals surface area contributed by atoms with Crippen LogP contribution >= 0.6 is 0 Å². The summed E-state index contributed by atoms with van der Waals surface area (Å²) in [5, 5.41) is 19.9. The van der Waals surface area contributed by atoms with Gasteiger partial charge < -0.3 is 24.5 Å². The van der Waals surface area contributed by atoms with Crippen LogP contribution in [-0.4, -0.2) is 58.6 Å². The third-order valence-electron chi connectivity index (χ3n) is 5.35. The summed E-state index contributed by atoms with van der Waals surface area (Å²) in [5.74, 6) is 0.763. The highest BCUT2D eigenvalue weighted by Gasteiger charge is 2.18. The van der Waals surface area contributed by atoms with Gasteiger partial charge in [0.05, 0.1) is 30.2 Å². The molecule has 1 saturated heterocycles. The van der Waals surface area contributed by atoms with Crippen LogP contribution in [0.25, 0.3) is 10.9 Å². The van der Waals surface area contributed by atoms with E-state index in [1.165, 1.54) is 5.56 Å². The Hall–Kier alpha value is -3.04. The molecule has 3 aromatic rings. The molecule has 2 aromatic heterocycles. The van der Waals surface area contributed by atoms with E-state index in [1.54, 1.807) is 13.8 Å². The second-order valence-electron chi connectivity index (χ2n) is 8.71. The summed E-state index contributed by atoms with van der Waals surface area (Å²) in [6.45, 7) is 10.7. The monoisotopic (exact) mass is 438 g/mol. The fourth-order valence-electron chi connectivity index (χ4n) is 3.50. The Balaban J connectivity index is 1.54. The number of rotatable bonds is 7. The Morgan fingerprint density at radius 3 is 2.72 bits per heavy atom. The lowest BCUT2D eigenvalue weighted by atomic mass is 10.1. The molecule has 1 aliphatic rings. The molecule has 0 saturated carbocycles. The summed E-state index contributed by atoms with van der Waals surface area (Å²) < 4.78 is 11.1. The van der Waals surface area contributed by atoms with Crippen LogP contribution < -0.4 is 9.64 Å². The third-order valence-corrected chi connectivity index (χ3v) is 5.35. The van der Waals surface area contributed by atoms with Crippen LogP contribution in [0.3, 0.4) is 0 Å². The second kappa shape index (κ2) is 9.22. The molecule has 0 amide bonds. The van der Waals surface area contributed by atoms with E-state index in [1.807, 2.05) is 24.3 Å². The third kappa shape index (κ3) is 5.41. The number of aromatic nitrogens is 3. The highest BCUT2D eigenvalue weighted by Crippen LogP contribution is 2.26. The largest absolute Gasteiger partial charge is 0.460 e. The number of benzene rings is 1. The zero-order chi connectivity index (χ0) is 22.7. The Morgan fingerprint density at radius 1 is 1.19 bits per heavy atom. The zero-order valence-corrected chi connectivity index (χ0v) is 19.1. The number of azo groups is 1.